The van der Waals surface area contributed by atoms with E-state index < -0.39 is 7.25 Å². The molecular formula is C29H29BF4N2O4. The number of benzene rings is 4. The molecule has 0 spiro atoms. The van der Waals surface area contributed by atoms with Crippen molar-refractivity contribution in [1.82, 2.24) is 4.57 Å². The van der Waals surface area contributed by atoms with Crippen LogP contribution in [0, 0.1) is 0 Å². The zero-order valence-electron chi connectivity index (χ0n) is 22.5. The SMILES string of the molecule is COc1cc(Cn2cc[n+](Cc3cc(OC)c4ccccc4c3OC)c2)c(OC)c2ccccc12.F[B-](F)(F)F. The van der Waals surface area contributed by atoms with Crippen molar-refractivity contribution in [1.29, 1.82) is 0 Å². The van der Waals surface area contributed by atoms with Crippen LogP contribution in [-0.2, 0) is 13.1 Å². The van der Waals surface area contributed by atoms with Gasteiger partial charge in [-0.1, -0.05) is 48.5 Å². The van der Waals surface area contributed by atoms with E-state index in [1.807, 2.05) is 24.3 Å². The summed E-state index contributed by atoms with van der Waals surface area (Å²) in [5.41, 5.74) is 2.10. The van der Waals surface area contributed by atoms with Gasteiger partial charge in [0, 0.05) is 32.7 Å². The number of rotatable bonds is 8. The maximum Gasteiger partial charge on any atom is 0.673 e. The minimum atomic E-state index is -6.00. The van der Waals surface area contributed by atoms with Gasteiger partial charge in [-0.3, -0.25) is 0 Å². The highest BCUT2D eigenvalue weighted by molar-refractivity contribution is 6.50. The standard InChI is InChI=1S/C29H29N2O4.BF4/c1-32-26-15-20(28(34-3)24-11-7-5-9-22(24)26)17-30-13-14-31(19-30)18-21-16-27(33-2)23-10-6-8-12-25(23)29(21)35-4;2-1(3,4)5/h5-16,19H,17-18H2,1-4H3;/q+1;-1. The second kappa shape index (κ2) is 12.2. The second-order valence-corrected chi connectivity index (χ2v) is 8.89. The minimum absolute atomic E-state index is 0.648. The normalized spacial score (nSPS) is 11.2. The lowest BCUT2D eigenvalue weighted by Gasteiger charge is -2.14. The molecule has 40 heavy (non-hydrogen) atoms. The molecular weight excluding hydrogens is 527 g/mol. The first-order valence-electron chi connectivity index (χ1n) is 12.3. The topological polar surface area (TPSA) is 45.7 Å². The molecule has 0 bridgehead atoms. The van der Waals surface area contributed by atoms with Crippen molar-refractivity contribution in [3.8, 4) is 23.0 Å². The lowest BCUT2D eigenvalue weighted by atomic mass is 10.0. The van der Waals surface area contributed by atoms with Crippen LogP contribution in [0.4, 0.5) is 17.3 Å². The molecule has 0 aliphatic heterocycles. The van der Waals surface area contributed by atoms with E-state index in [4.69, 9.17) is 18.9 Å². The molecule has 4 aromatic carbocycles. The molecule has 0 radical (unpaired) electrons. The monoisotopic (exact) mass is 556 g/mol. The van der Waals surface area contributed by atoms with E-state index in [1.54, 1.807) is 28.4 Å². The molecule has 0 fully saturated rings. The van der Waals surface area contributed by atoms with Crippen LogP contribution in [0.1, 0.15) is 11.1 Å². The number of methoxy groups -OCH3 is 4. The molecule has 1 aromatic heterocycles. The van der Waals surface area contributed by atoms with Crippen molar-refractivity contribution in [2.75, 3.05) is 28.4 Å². The van der Waals surface area contributed by atoms with E-state index >= 15 is 0 Å². The smallest absolute Gasteiger partial charge is 0.496 e. The van der Waals surface area contributed by atoms with Gasteiger partial charge in [0.2, 0.25) is 6.33 Å². The van der Waals surface area contributed by atoms with Gasteiger partial charge >= 0.3 is 7.25 Å². The molecule has 0 saturated carbocycles. The Bertz CT molecular complexity index is 1500. The molecule has 0 atom stereocenters. The molecule has 1 heterocycles. The summed E-state index contributed by atoms with van der Waals surface area (Å²) in [6, 6.07) is 20.4. The lowest BCUT2D eigenvalue weighted by Crippen LogP contribution is -2.32. The van der Waals surface area contributed by atoms with Crippen LogP contribution < -0.4 is 23.5 Å². The maximum absolute atomic E-state index is 9.75. The number of aromatic nitrogens is 2. The quantitative estimate of drug-likeness (QED) is 0.124. The Balaban J connectivity index is 0.000000681. The van der Waals surface area contributed by atoms with Gasteiger partial charge in [-0.05, 0) is 12.1 Å². The van der Waals surface area contributed by atoms with Gasteiger partial charge in [-0.15, -0.1) is 0 Å². The Morgan fingerprint density at radius 1 is 0.675 bits per heavy atom. The van der Waals surface area contributed by atoms with E-state index in [2.05, 4.69) is 64.3 Å². The number of imidazole rings is 1. The van der Waals surface area contributed by atoms with Gasteiger partial charge in [0.15, 0.2) is 0 Å². The molecule has 0 aliphatic rings. The largest absolute Gasteiger partial charge is 0.673 e. The molecule has 5 rings (SSSR count). The third-order valence-corrected chi connectivity index (χ3v) is 6.37. The summed E-state index contributed by atoms with van der Waals surface area (Å²) in [5.74, 6) is 3.40. The van der Waals surface area contributed by atoms with Gasteiger partial charge < -0.3 is 36.2 Å². The molecule has 11 heteroatoms. The van der Waals surface area contributed by atoms with Crippen LogP contribution in [0.3, 0.4) is 0 Å². The predicted molar refractivity (Wildman–Crippen MR) is 147 cm³/mol. The summed E-state index contributed by atoms with van der Waals surface area (Å²) in [5, 5.41) is 4.15. The molecule has 5 aromatic rings. The zero-order valence-corrected chi connectivity index (χ0v) is 22.5. The molecule has 0 unspecified atom stereocenters. The third-order valence-electron chi connectivity index (χ3n) is 6.37. The highest BCUT2D eigenvalue weighted by Gasteiger charge is 2.21. The molecule has 210 valence electrons. The predicted octanol–water partition coefficient (Wildman–Crippen LogP) is 6.51. The molecule has 0 amide bonds. The molecule has 0 saturated heterocycles. The van der Waals surface area contributed by atoms with Crippen molar-refractivity contribution >= 4 is 28.8 Å². The first-order valence-corrected chi connectivity index (χ1v) is 12.3. The Morgan fingerprint density at radius 3 is 1.60 bits per heavy atom. The second-order valence-electron chi connectivity index (χ2n) is 8.89. The van der Waals surface area contributed by atoms with Crippen LogP contribution >= 0.6 is 0 Å². The van der Waals surface area contributed by atoms with Crippen LogP contribution in [0.25, 0.3) is 21.5 Å². The summed E-state index contributed by atoms with van der Waals surface area (Å²) >= 11 is 0. The van der Waals surface area contributed by atoms with E-state index in [9.17, 15) is 17.3 Å². The number of hydrogen-bond donors (Lipinski definition) is 0. The maximum atomic E-state index is 9.75. The van der Waals surface area contributed by atoms with Gasteiger partial charge in [0.1, 0.15) is 48.5 Å². The summed E-state index contributed by atoms with van der Waals surface area (Å²) in [6.45, 7) is 1.30. The summed E-state index contributed by atoms with van der Waals surface area (Å²) < 4.78 is 66.3. The fourth-order valence-corrected chi connectivity index (χ4v) is 4.81. The Kier molecular flexibility index (Phi) is 8.72. The van der Waals surface area contributed by atoms with Gasteiger partial charge in [0.25, 0.3) is 0 Å². The number of nitrogens with zero attached hydrogens (tertiary/aromatic N) is 2. The van der Waals surface area contributed by atoms with E-state index in [0.29, 0.717) is 13.1 Å². The van der Waals surface area contributed by atoms with Crippen molar-refractivity contribution in [3.63, 3.8) is 0 Å². The van der Waals surface area contributed by atoms with Gasteiger partial charge in [0.05, 0.1) is 28.4 Å². The first-order chi connectivity index (χ1) is 19.2. The van der Waals surface area contributed by atoms with E-state index in [-0.39, 0.29) is 0 Å². The summed E-state index contributed by atoms with van der Waals surface area (Å²) in [7, 11) is 0.833. The van der Waals surface area contributed by atoms with Crippen molar-refractivity contribution in [2.24, 2.45) is 0 Å². The Hall–Kier alpha value is -4.41. The number of fused-ring (bicyclic) bond motifs is 2. The molecule has 6 nitrogen and oxygen atoms in total. The van der Waals surface area contributed by atoms with Crippen LogP contribution in [0.15, 0.2) is 79.4 Å². The van der Waals surface area contributed by atoms with Crippen LogP contribution in [0.5, 0.6) is 23.0 Å². The fourth-order valence-electron chi connectivity index (χ4n) is 4.81. The summed E-state index contributed by atoms with van der Waals surface area (Å²) in [4.78, 5) is 0. The number of ether oxygens (including phenoxy) is 4. The van der Waals surface area contributed by atoms with Crippen molar-refractivity contribution < 1.29 is 40.8 Å². The number of hydrogen-bond acceptors (Lipinski definition) is 4. The molecule has 0 N–H and O–H groups in total. The molecule has 0 aliphatic carbocycles. The first kappa shape index (κ1) is 28.6. The van der Waals surface area contributed by atoms with Crippen molar-refractivity contribution in [3.05, 3.63) is 90.5 Å². The average Bonchev–Trinajstić information content (AvgIpc) is 3.37. The van der Waals surface area contributed by atoms with Crippen molar-refractivity contribution in [2.45, 2.75) is 13.1 Å². The van der Waals surface area contributed by atoms with Gasteiger partial charge in [-0.25, -0.2) is 9.13 Å². The van der Waals surface area contributed by atoms with Gasteiger partial charge in [-0.2, -0.15) is 0 Å². The Labute approximate surface area is 229 Å². The van der Waals surface area contributed by atoms with Crippen LogP contribution in [-0.4, -0.2) is 40.3 Å². The average molecular weight is 556 g/mol. The number of halogens is 4. The van der Waals surface area contributed by atoms with Crippen LogP contribution in [0.2, 0.25) is 0 Å². The summed E-state index contributed by atoms with van der Waals surface area (Å²) in [6.07, 6.45) is 6.21. The van der Waals surface area contributed by atoms with E-state index in [1.165, 1.54) is 0 Å². The Morgan fingerprint density at radius 2 is 1.12 bits per heavy atom. The third kappa shape index (κ3) is 6.41. The zero-order chi connectivity index (χ0) is 28.9. The van der Waals surface area contributed by atoms with E-state index in [0.717, 1.165) is 55.7 Å². The highest BCUT2D eigenvalue weighted by atomic mass is 19.5. The minimum Gasteiger partial charge on any atom is -0.496 e. The fraction of sp³-hybridized carbons (Fsp3) is 0.207. The lowest BCUT2D eigenvalue weighted by molar-refractivity contribution is -0.687. The highest BCUT2D eigenvalue weighted by Crippen LogP contribution is 2.38.